The third kappa shape index (κ3) is 3.79. The van der Waals surface area contributed by atoms with Crippen molar-refractivity contribution >= 4 is 16.7 Å². The minimum absolute atomic E-state index is 0.0693. The topological polar surface area (TPSA) is 53.1 Å². The number of aromatic nitrogens is 2. The van der Waals surface area contributed by atoms with Crippen molar-refractivity contribution in [2.45, 2.75) is 25.8 Å². The number of hydrogen-bond donors (Lipinski definition) is 2. The Balaban J connectivity index is 1.82. The number of para-hydroxylation sites is 1. The molecule has 0 saturated carbocycles. The van der Waals surface area contributed by atoms with Gasteiger partial charge in [0, 0.05) is 56.6 Å². The van der Waals surface area contributed by atoms with Gasteiger partial charge in [-0.2, -0.15) is 0 Å². The molecule has 7 heteroatoms. The fraction of sp³-hybridized carbons (Fsp3) is 0.529. The molecular formula is C17H23F2N5. The van der Waals surface area contributed by atoms with Crippen LogP contribution in [0.15, 0.2) is 24.5 Å². The molecule has 0 unspecified atom stereocenters. The zero-order chi connectivity index (χ0) is 17.2. The van der Waals surface area contributed by atoms with Gasteiger partial charge in [0.05, 0.1) is 5.52 Å². The van der Waals surface area contributed by atoms with Crippen molar-refractivity contribution in [1.82, 2.24) is 20.2 Å². The van der Waals surface area contributed by atoms with Crippen molar-refractivity contribution in [3.8, 4) is 0 Å². The zero-order valence-electron chi connectivity index (χ0n) is 14.0. The Morgan fingerprint density at radius 2 is 2.04 bits per heavy atom. The average molecular weight is 335 g/mol. The fourth-order valence-corrected chi connectivity index (χ4v) is 3.12. The van der Waals surface area contributed by atoms with Crippen molar-refractivity contribution < 1.29 is 8.78 Å². The summed E-state index contributed by atoms with van der Waals surface area (Å²) in [6.45, 7) is 7.89. The number of nitrogens with zero attached hydrogens (tertiary/aromatic N) is 3. The van der Waals surface area contributed by atoms with E-state index < -0.39 is 5.92 Å². The third-order valence-corrected chi connectivity index (χ3v) is 4.26. The summed E-state index contributed by atoms with van der Waals surface area (Å²) in [7, 11) is 0. The lowest BCUT2D eigenvalue weighted by molar-refractivity contribution is 0.0189. The van der Waals surface area contributed by atoms with E-state index >= 15 is 0 Å². The third-order valence-electron chi connectivity index (χ3n) is 4.26. The van der Waals surface area contributed by atoms with Crippen molar-refractivity contribution in [2.24, 2.45) is 0 Å². The van der Waals surface area contributed by atoms with Gasteiger partial charge in [0.1, 0.15) is 12.1 Å². The molecule has 0 bridgehead atoms. The first-order chi connectivity index (χ1) is 11.4. The van der Waals surface area contributed by atoms with Crippen molar-refractivity contribution in [2.75, 3.05) is 38.0 Å². The lowest BCUT2D eigenvalue weighted by atomic mass is 10.1. The Morgan fingerprint density at radius 3 is 2.75 bits per heavy atom. The maximum atomic E-state index is 13.8. The summed E-state index contributed by atoms with van der Waals surface area (Å²) in [4.78, 5) is 10.7. The van der Waals surface area contributed by atoms with E-state index in [1.54, 1.807) is 12.1 Å². The number of halogens is 2. The Bertz CT molecular complexity index is 695. The second-order valence-electron chi connectivity index (χ2n) is 6.41. The molecule has 1 atom stereocenters. The fourth-order valence-electron chi connectivity index (χ4n) is 3.12. The van der Waals surface area contributed by atoms with Gasteiger partial charge < -0.3 is 10.6 Å². The lowest BCUT2D eigenvalue weighted by Gasteiger charge is -2.30. The van der Waals surface area contributed by atoms with Crippen LogP contribution in [0.4, 0.5) is 14.6 Å². The standard InChI is InChI=1S/C17H23F2N5/c1-12(10-24-8-6-20-7-9-24)23-16-13-4-3-5-14(17(2,18)19)15(13)21-11-22-16/h3-5,11-12,20H,6-10H2,1-2H3,(H,21,22,23)/t12-/m0/s1. The molecule has 2 N–H and O–H groups in total. The summed E-state index contributed by atoms with van der Waals surface area (Å²) in [5.74, 6) is -2.33. The maximum absolute atomic E-state index is 13.8. The first kappa shape index (κ1) is 17.0. The predicted molar refractivity (Wildman–Crippen MR) is 91.5 cm³/mol. The van der Waals surface area contributed by atoms with Gasteiger partial charge in [-0.1, -0.05) is 12.1 Å². The van der Waals surface area contributed by atoms with Crippen molar-refractivity contribution in [3.63, 3.8) is 0 Å². The van der Waals surface area contributed by atoms with Gasteiger partial charge in [0.15, 0.2) is 0 Å². The van der Waals surface area contributed by atoms with Gasteiger partial charge in [0.25, 0.3) is 5.92 Å². The number of benzene rings is 1. The van der Waals surface area contributed by atoms with Crippen LogP contribution in [0, 0.1) is 0 Å². The minimum atomic E-state index is -2.93. The number of anilines is 1. The second kappa shape index (κ2) is 6.94. The van der Waals surface area contributed by atoms with Gasteiger partial charge in [-0.3, -0.25) is 4.90 Å². The Hall–Kier alpha value is -1.86. The highest BCUT2D eigenvalue weighted by Crippen LogP contribution is 2.33. The van der Waals surface area contributed by atoms with Gasteiger partial charge in [0.2, 0.25) is 0 Å². The number of alkyl halides is 2. The van der Waals surface area contributed by atoms with Crippen LogP contribution in [-0.2, 0) is 5.92 Å². The van der Waals surface area contributed by atoms with Crippen LogP contribution < -0.4 is 10.6 Å². The van der Waals surface area contributed by atoms with Gasteiger partial charge in [-0.15, -0.1) is 0 Å². The van der Waals surface area contributed by atoms with Crippen LogP contribution in [0.5, 0.6) is 0 Å². The minimum Gasteiger partial charge on any atom is -0.366 e. The molecule has 3 rings (SSSR count). The van der Waals surface area contributed by atoms with Crippen LogP contribution in [0.1, 0.15) is 19.4 Å². The van der Waals surface area contributed by atoms with E-state index in [0.29, 0.717) is 16.7 Å². The average Bonchev–Trinajstić information content (AvgIpc) is 2.54. The van der Waals surface area contributed by atoms with Gasteiger partial charge in [-0.05, 0) is 13.0 Å². The molecule has 0 radical (unpaired) electrons. The molecule has 0 spiro atoms. The predicted octanol–water partition coefficient (Wildman–Crippen LogP) is 2.45. The van der Waals surface area contributed by atoms with Gasteiger partial charge in [-0.25, -0.2) is 18.7 Å². The maximum Gasteiger partial charge on any atom is 0.272 e. The molecular weight excluding hydrogens is 312 g/mol. The summed E-state index contributed by atoms with van der Waals surface area (Å²) in [6, 6.07) is 4.99. The number of nitrogens with one attached hydrogen (secondary N) is 2. The number of rotatable bonds is 5. The quantitative estimate of drug-likeness (QED) is 0.879. The smallest absolute Gasteiger partial charge is 0.272 e. The molecule has 1 fully saturated rings. The number of fused-ring (bicyclic) bond motifs is 1. The Kier molecular flexibility index (Phi) is 4.91. The van der Waals surface area contributed by atoms with Crippen LogP contribution in [0.2, 0.25) is 0 Å². The molecule has 5 nitrogen and oxygen atoms in total. The van der Waals surface area contributed by atoms with E-state index in [1.807, 2.05) is 0 Å². The normalized spacial score (nSPS) is 17.8. The van der Waals surface area contributed by atoms with Crippen molar-refractivity contribution in [1.29, 1.82) is 0 Å². The highest BCUT2D eigenvalue weighted by molar-refractivity contribution is 5.91. The second-order valence-corrected chi connectivity index (χ2v) is 6.41. The first-order valence-corrected chi connectivity index (χ1v) is 8.27. The molecule has 2 aromatic rings. The van der Waals surface area contributed by atoms with Gasteiger partial charge >= 0.3 is 0 Å². The molecule has 2 heterocycles. The molecule has 24 heavy (non-hydrogen) atoms. The SMILES string of the molecule is C[C@@H](CN1CCNCC1)Nc1ncnc2c(C(C)(F)F)cccc12. The van der Waals surface area contributed by atoms with Crippen LogP contribution in [-0.4, -0.2) is 53.6 Å². The summed E-state index contributed by atoms with van der Waals surface area (Å²) in [5, 5.41) is 7.31. The first-order valence-electron chi connectivity index (χ1n) is 8.27. The van der Waals surface area contributed by atoms with E-state index in [2.05, 4.69) is 32.4 Å². The molecule has 0 aliphatic carbocycles. The highest BCUT2D eigenvalue weighted by Gasteiger charge is 2.28. The van der Waals surface area contributed by atoms with E-state index in [1.165, 1.54) is 12.4 Å². The van der Waals surface area contributed by atoms with E-state index in [4.69, 9.17) is 0 Å². The van der Waals surface area contributed by atoms with E-state index in [-0.39, 0.29) is 11.6 Å². The Labute approximate surface area is 140 Å². The number of hydrogen-bond acceptors (Lipinski definition) is 5. The lowest BCUT2D eigenvalue weighted by Crippen LogP contribution is -2.47. The van der Waals surface area contributed by atoms with E-state index in [0.717, 1.165) is 39.6 Å². The summed E-state index contributed by atoms with van der Waals surface area (Å²) < 4.78 is 27.6. The molecule has 1 aromatic carbocycles. The zero-order valence-corrected chi connectivity index (χ0v) is 14.0. The van der Waals surface area contributed by atoms with Crippen LogP contribution in [0.3, 0.4) is 0 Å². The molecule has 1 aromatic heterocycles. The molecule has 0 amide bonds. The summed E-state index contributed by atoms with van der Waals surface area (Å²) in [6.07, 6.45) is 1.34. The summed E-state index contributed by atoms with van der Waals surface area (Å²) in [5.41, 5.74) is 0.233. The molecule has 130 valence electrons. The molecule has 1 aliphatic heterocycles. The largest absolute Gasteiger partial charge is 0.366 e. The Morgan fingerprint density at radius 1 is 1.29 bits per heavy atom. The monoisotopic (exact) mass is 335 g/mol. The molecule has 1 aliphatic rings. The summed E-state index contributed by atoms with van der Waals surface area (Å²) >= 11 is 0. The highest BCUT2D eigenvalue weighted by atomic mass is 19.3. The van der Waals surface area contributed by atoms with Crippen LogP contribution >= 0.6 is 0 Å². The van der Waals surface area contributed by atoms with Crippen molar-refractivity contribution in [3.05, 3.63) is 30.1 Å². The molecule has 1 saturated heterocycles. The number of piperazine rings is 1. The van der Waals surface area contributed by atoms with Crippen LogP contribution in [0.25, 0.3) is 10.9 Å². The van der Waals surface area contributed by atoms with E-state index in [9.17, 15) is 8.78 Å².